The van der Waals surface area contributed by atoms with Crippen LogP contribution in [0.3, 0.4) is 0 Å². The quantitative estimate of drug-likeness (QED) is 0.756. The number of anilines is 1. The van der Waals surface area contributed by atoms with Crippen molar-refractivity contribution in [3.63, 3.8) is 0 Å². The molecule has 1 aromatic rings. The zero-order chi connectivity index (χ0) is 11.5. The molecule has 0 N–H and O–H groups in total. The number of aromatic nitrogens is 2. The van der Waals surface area contributed by atoms with Crippen LogP contribution >= 0.6 is 0 Å². The molecule has 4 heteroatoms. The summed E-state index contributed by atoms with van der Waals surface area (Å²) in [6.45, 7) is 5.74. The van der Waals surface area contributed by atoms with Gasteiger partial charge < -0.3 is 4.90 Å². The molecule has 0 aliphatic carbocycles. The highest BCUT2D eigenvalue weighted by molar-refractivity contribution is 5.81. The molecule has 1 aromatic heterocycles. The molecule has 1 saturated heterocycles. The summed E-state index contributed by atoms with van der Waals surface area (Å²) in [7, 11) is 0. The van der Waals surface area contributed by atoms with Gasteiger partial charge in [0.15, 0.2) is 0 Å². The average molecular weight is 219 g/mol. The highest BCUT2D eigenvalue weighted by Gasteiger charge is 2.19. The van der Waals surface area contributed by atoms with Gasteiger partial charge in [-0.3, -0.25) is 4.79 Å². The highest BCUT2D eigenvalue weighted by atomic mass is 16.1. The molecule has 86 valence electrons. The van der Waals surface area contributed by atoms with Gasteiger partial charge in [0.2, 0.25) is 0 Å². The summed E-state index contributed by atoms with van der Waals surface area (Å²) in [5, 5.41) is 0. The summed E-state index contributed by atoms with van der Waals surface area (Å²) in [4.78, 5) is 22.0. The summed E-state index contributed by atoms with van der Waals surface area (Å²) in [5.41, 5.74) is 2.25. The fourth-order valence-corrected chi connectivity index (χ4v) is 2.12. The van der Waals surface area contributed by atoms with E-state index in [0.29, 0.717) is 18.6 Å². The first-order valence-electron chi connectivity index (χ1n) is 5.79. The molecule has 4 nitrogen and oxygen atoms in total. The maximum atomic E-state index is 11.2. The van der Waals surface area contributed by atoms with E-state index in [1.165, 1.54) is 0 Å². The Hall–Kier alpha value is -1.45. The second-order valence-electron chi connectivity index (χ2n) is 4.15. The lowest BCUT2D eigenvalue weighted by Gasteiger charge is -2.28. The van der Waals surface area contributed by atoms with Crippen molar-refractivity contribution in [2.24, 2.45) is 0 Å². The summed E-state index contributed by atoms with van der Waals surface area (Å²) >= 11 is 0. The van der Waals surface area contributed by atoms with E-state index < -0.39 is 0 Å². The maximum Gasteiger partial charge on any atom is 0.136 e. The minimum Gasteiger partial charge on any atom is -0.355 e. The number of Topliss-reactive ketones (excluding diaryl/α,β-unsaturated/α-hetero) is 1. The molecule has 0 radical (unpaired) electrons. The Labute approximate surface area is 95.7 Å². The normalized spacial score (nSPS) is 16.6. The fraction of sp³-hybridized carbons (Fsp3) is 0.583. The molecule has 1 fully saturated rings. The number of hydrogen-bond acceptors (Lipinski definition) is 4. The summed E-state index contributed by atoms with van der Waals surface area (Å²) in [5.74, 6) is 1.36. The lowest BCUT2D eigenvalue weighted by molar-refractivity contribution is -0.119. The number of rotatable bonds is 2. The Morgan fingerprint density at radius 2 is 2.00 bits per heavy atom. The molecule has 2 rings (SSSR count). The Morgan fingerprint density at radius 1 is 1.31 bits per heavy atom. The second-order valence-corrected chi connectivity index (χ2v) is 4.15. The minimum atomic E-state index is 0.360. The third kappa shape index (κ3) is 2.05. The van der Waals surface area contributed by atoms with Crippen LogP contribution in [-0.4, -0.2) is 28.8 Å². The monoisotopic (exact) mass is 219 g/mol. The minimum absolute atomic E-state index is 0.360. The third-order valence-electron chi connectivity index (χ3n) is 3.12. The highest BCUT2D eigenvalue weighted by Crippen LogP contribution is 2.21. The average Bonchev–Trinajstić information content (AvgIpc) is 2.31. The van der Waals surface area contributed by atoms with E-state index in [1.54, 1.807) is 6.33 Å². The van der Waals surface area contributed by atoms with E-state index in [-0.39, 0.29) is 0 Å². The van der Waals surface area contributed by atoms with Crippen molar-refractivity contribution in [3.05, 3.63) is 17.6 Å². The van der Waals surface area contributed by atoms with E-state index in [0.717, 1.165) is 36.6 Å². The Bertz CT molecular complexity index is 393. The van der Waals surface area contributed by atoms with Crippen LogP contribution in [0.1, 0.15) is 31.0 Å². The maximum absolute atomic E-state index is 11.2. The molecule has 16 heavy (non-hydrogen) atoms. The third-order valence-corrected chi connectivity index (χ3v) is 3.12. The lowest BCUT2D eigenvalue weighted by Crippen LogP contribution is -2.35. The number of piperidine rings is 1. The van der Waals surface area contributed by atoms with Crippen molar-refractivity contribution < 1.29 is 4.79 Å². The van der Waals surface area contributed by atoms with Gasteiger partial charge in [0.1, 0.15) is 17.9 Å². The zero-order valence-corrected chi connectivity index (χ0v) is 9.86. The SMILES string of the molecule is CCc1ncnc(N2CCC(=O)CC2)c1C. The van der Waals surface area contributed by atoms with Crippen molar-refractivity contribution in [2.75, 3.05) is 18.0 Å². The van der Waals surface area contributed by atoms with Crippen LogP contribution in [-0.2, 0) is 11.2 Å². The smallest absolute Gasteiger partial charge is 0.136 e. The standard InChI is InChI=1S/C12H17N3O/c1-3-11-9(2)12(14-8-13-11)15-6-4-10(16)5-7-15/h8H,3-7H2,1-2H3. The second kappa shape index (κ2) is 4.60. The summed E-state index contributed by atoms with van der Waals surface area (Å²) < 4.78 is 0. The molecule has 0 amide bonds. The van der Waals surface area contributed by atoms with Crippen molar-refractivity contribution in [3.8, 4) is 0 Å². The number of aryl methyl sites for hydroxylation is 1. The van der Waals surface area contributed by atoms with Gasteiger partial charge in [0, 0.05) is 37.2 Å². The van der Waals surface area contributed by atoms with E-state index >= 15 is 0 Å². The van der Waals surface area contributed by atoms with Gasteiger partial charge >= 0.3 is 0 Å². The van der Waals surface area contributed by atoms with Gasteiger partial charge in [-0.15, -0.1) is 0 Å². The van der Waals surface area contributed by atoms with Crippen molar-refractivity contribution in [2.45, 2.75) is 33.1 Å². The molecule has 0 aromatic carbocycles. The Morgan fingerprint density at radius 3 is 2.62 bits per heavy atom. The fourth-order valence-electron chi connectivity index (χ4n) is 2.12. The molecule has 0 saturated carbocycles. The number of carbonyl (C=O) groups is 1. The molecule has 0 bridgehead atoms. The largest absolute Gasteiger partial charge is 0.355 e. The number of carbonyl (C=O) groups excluding carboxylic acids is 1. The van der Waals surface area contributed by atoms with E-state index in [1.807, 2.05) is 0 Å². The van der Waals surface area contributed by atoms with E-state index in [9.17, 15) is 4.79 Å². The molecule has 1 aliphatic heterocycles. The molecule has 2 heterocycles. The molecular formula is C12H17N3O. The molecule has 0 atom stereocenters. The van der Waals surface area contributed by atoms with Gasteiger partial charge in [0.05, 0.1) is 0 Å². The van der Waals surface area contributed by atoms with Gasteiger partial charge in [-0.1, -0.05) is 6.92 Å². The first-order valence-corrected chi connectivity index (χ1v) is 5.79. The Kier molecular flexibility index (Phi) is 3.17. The number of hydrogen-bond donors (Lipinski definition) is 0. The van der Waals surface area contributed by atoms with Crippen LogP contribution < -0.4 is 4.90 Å². The molecule has 0 spiro atoms. The van der Waals surface area contributed by atoms with Crippen molar-refractivity contribution in [1.29, 1.82) is 0 Å². The van der Waals surface area contributed by atoms with Crippen LogP contribution in [0.2, 0.25) is 0 Å². The van der Waals surface area contributed by atoms with Crippen LogP contribution in [0.25, 0.3) is 0 Å². The first kappa shape index (κ1) is 11.0. The predicted molar refractivity (Wildman–Crippen MR) is 62.6 cm³/mol. The van der Waals surface area contributed by atoms with Crippen LogP contribution in [0.5, 0.6) is 0 Å². The first-order chi connectivity index (χ1) is 7.72. The number of ketones is 1. The van der Waals surface area contributed by atoms with Gasteiger partial charge in [0.25, 0.3) is 0 Å². The summed E-state index contributed by atoms with van der Waals surface area (Å²) in [6.07, 6.45) is 3.83. The van der Waals surface area contributed by atoms with Gasteiger partial charge in [-0.2, -0.15) is 0 Å². The molecule has 1 aliphatic rings. The predicted octanol–water partition coefficient (Wildman–Crippen LogP) is 1.52. The molecule has 0 unspecified atom stereocenters. The van der Waals surface area contributed by atoms with E-state index in [4.69, 9.17) is 0 Å². The van der Waals surface area contributed by atoms with Crippen LogP contribution in [0, 0.1) is 6.92 Å². The Balaban J connectivity index is 2.23. The number of nitrogens with zero attached hydrogens (tertiary/aromatic N) is 3. The topological polar surface area (TPSA) is 46.1 Å². The van der Waals surface area contributed by atoms with Crippen molar-refractivity contribution >= 4 is 11.6 Å². The van der Waals surface area contributed by atoms with E-state index in [2.05, 4.69) is 28.7 Å². The van der Waals surface area contributed by atoms with Gasteiger partial charge in [-0.25, -0.2) is 9.97 Å². The summed E-state index contributed by atoms with van der Waals surface area (Å²) in [6, 6.07) is 0. The van der Waals surface area contributed by atoms with Crippen molar-refractivity contribution in [1.82, 2.24) is 9.97 Å². The van der Waals surface area contributed by atoms with Crippen LogP contribution in [0.15, 0.2) is 6.33 Å². The van der Waals surface area contributed by atoms with Gasteiger partial charge in [-0.05, 0) is 13.3 Å². The lowest BCUT2D eigenvalue weighted by atomic mass is 10.1. The molecular weight excluding hydrogens is 202 g/mol. The zero-order valence-electron chi connectivity index (χ0n) is 9.86. The van der Waals surface area contributed by atoms with Crippen LogP contribution in [0.4, 0.5) is 5.82 Å².